The van der Waals surface area contributed by atoms with E-state index in [1.165, 1.54) is 0 Å². The highest BCUT2D eigenvalue weighted by atomic mass is 17.2. The fraction of sp³-hybridized carbons (Fsp3) is 0.278. The lowest BCUT2D eigenvalue weighted by Crippen LogP contribution is -2.05. The van der Waals surface area contributed by atoms with E-state index < -0.39 is 0 Å². The molecular weight excluding hydrogens is 278 g/mol. The molecule has 0 bridgehead atoms. The molecule has 0 saturated heterocycles. The summed E-state index contributed by atoms with van der Waals surface area (Å²) in [7, 11) is 0. The van der Waals surface area contributed by atoms with Crippen LogP contribution in [0.5, 0.6) is 5.75 Å². The molecular formula is C18H19NO3. The van der Waals surface area contributed by atoms with Gasteiger partial charge in [0.05, 0.1) is 6.61 Å². The second kappa shape index (κ2) is 8.83. The Morgan fingerprint density at radius 3 is 2.36 bits per heavy atom. The minimum absolute atomic E-state index is 0.224. The van der Waals surface area contributed by atoms with Crippen LogP contribution in [0.25, 0.3) is 4.85 Å². The zero-order valence-electron chi connectivity index (χ0n) is 12.6. The molecule has 0 spiro atoms. The second-order valence-electron chi connectivity index (χ2n) is 4.68. The topological polar surface area (TPSA) is 32.0 Å². The highest BCUT2D eigenvalue weighted by Gasteiger charge is 2.16. The van der Waals surface area contributed by atoms with Crippen molar-refractivity contribution in [2.24, 2.45) is 0 Å². The van der Waals surface area contributed by atoms with E-state index in [0.29, 0.717) is 13.2 Å². The summed E-state index contributed by atoms with van der Waals surface area (Å²) in [4.78, 5) is 13.4. The molecule has 0 N–H and O–H groups in total. The first-order chi connectivity index (χ1) is 10.8. The van der Waals surface area contributed by atoms with Crippen molar-refractivity contribution in [1.29, 1.82) is 0 Å². The summed E-state index contributed by atoms with van der Waals surface area (Å²) in [6.45, 7) is 10.3. The van der Waals surface area contributed by atoms with E-state index in [1.807, 2.05) is 61.5 Å². The predicted molar refractivity (Wildman–Crippen MR) is 84.1 cm³/mol. The van der Waals surface area contributed by atoms with E-state index in [-0.39, 0.29) is 12.6 Å². The van der Waals surface area contributed by atoms with Gasteiger partial charge in [-0.25, -0.2) is 16.3 Å². The Kier molecular flexibility index (Phi) is 6.43. The quantitative estimate of drug-likeness (QED) is 0.317. The van der Waals surface area contributed by atoms with E-state index in [9.17, 15) is 0 Å². The Balaban J connectivity index is 1.90. The van der Waals surface area contributed by atoms with Gasteiger partial charge in [-0.3, -0.25) is 0 Å². The molecule has 2 aromatic carbocycles. The minimum Gasteiger partial charge on any atom is -0.489 e. The van der Waals surface area contributed by atoms with Crippen molar-refractivity contribution in [3.05, 3.63) is 77.1 Å². The van der Waals surface area contributed by atoms with Gasteiger partial charge in [-0.2, -0.15) is 0 Å². The molecule has 0 amide bonds. The van der Waals surface area contributed by atoms with Crippen molar-refractivity contribution in [3.8, 4) is 5.75 Å². The molecule has 0 radical (unpaired) electrons. The lowest BCUT2D eigenvalue weighted by molar-refractivity contribution is -0.292. The lowest BCUT2D eigenvalue weighted by Gasteiger charge is -2.09. The van der Waals surface area contributed by atoms with Crippen molar-refractivity contribution in [1.82, 2.24) is 0 Å². The van der Waals surface area contributed by atoms with Crippen molar-refractivity contribution < 1.29 is 14.5 Å². The smallest absolute Gasteiger partial charge is 0.274 e. The Morgan fingerprint density at radius 2 is 1.73 bits per heavy atom. The molecule has 1 atom stereocenters. The fourth-order valence-corrected chi connectivity index (χ4v) is 1.93. The van der Waals surface area contributed by atoms with Gasteiger partial charge in [0.1, 0.15) is 12.4 Å². The van der Waals surface area contributed by atoms with Crippen molar-refractivity contribution in [2.45, 2.75) is 19.6 Å². The number of hydrogen-bond acceptors (Lipinski definition) is 3. The molecule has 0 aliphatic rings. The summed E-state index contributed by atoms with van der Waals surface area (Å²) in [5.41, 5.74) is 2.01. The average molecular weight is 297 g/mol. The lowest BCUT2D eigenvalue weighted by atomic mass is 10.1. The summed E-state index contributed by atoms with van der Waals surface area (Å²) in [6.07, 6.45) is 0. The van der Waals surface area contributed by atoms with Crippen LogP contribution in [-0.2, 0) is 16.4 Å². The Hall–Kier alpha value is -2.35. The maximum Gasteiger partial charge on any atom is 0.274 e. The molecule has 0 aliphatic carbocycles. The third-order valence-electron chi connectivity index (χ3n) is 3.10. The van der Waals surface area contributed by atoms with Gasteiger partial charge in [0.25, 0.3) is 6.04 Å². The molecule has 0 fully saturated rings. The highest BCUT2D eigenvalue weighted by molar-refractivity contribution is 5.30. The molecule has 4 heteroatoms. The number of rotatable bonds is 8. The Bertz CT molecular complexity index is 590. The first-order valence-corrected chi connectivity index (χ1v) is 7.21. The van der Waals surface area contributed by atoms with Gasteiger partial charge in [0.15, 0.2) is 6.61 Å². The van der Waals surface area contributed by atoms with Crippen LogP contribution in [-0.4, -0.2) is 13.2 Å². The highest BCUT2D eigenvalue weighted by Crippen LogP contribution is 2.22. The summed E-state index contributed by atoms with van der Waals surface area (Å²) in [5.74, 6) is 0.780. The Labute approximate surface area is 131 Å². The summed E-state index contributed by atoms with van der Waals surface area (Å²) >= 11 is 0. The van der Waals surface area contributed by atoms with E-state index in [1.54, 1.807) is 0 Å². The number of ether oxygens (including phenoxy) is 1. The fourth-order valence-electron chi connectivity index (χ4n) is 1.93. The molecule has 0 saturated carbocycles. The summed E-state index contributed by atoms with van der Waals surface area (Å²) < 4.78 is 5.73. The Morgan fingerprint density at radius 1 is 1.00 bits per heavy atom. The molecule has 4 nitrogen and oxygen atoms in total. The molecule has 0 heterocycles. The molecule has 2 aromatic rings. The van der Waals surface area contributed by atoms with Gasteiger partial charge < -0.3 is 9.58 Å². The normalized spacial score (nSPS) is 11.6. The summed E-state index contributed by atoms with van der Waals surface area (Å²) in [5, 5.41) is 0. The molecule has 2 rings (SSSR count). The third kappa shape index (κ3) is 4.88. The van der Waals surface area contributed by atoms with Crippen molar-refractivity contribution in [3.63, 3.8) is 0 Å². The van der Waals surface area contributed by atoms with Crippen LogP contribution in [0.2, 0.25) is 0 Å². The number of hydrogen-bond donors (Lipinski definition) is 0. The van der Waals surface area contributed by atoms with Gasteiger partial charge in [-0.1, -0.05) is 30.3 Å². The van der Waals surface area contributed by atoms with Crippen LogP contribution in [0, 0.1) is 6.57 Å². The van der Waals surface area contributed by atoms with E-state index in [0.717, 1.165) is 16.9 Å². The van der Waals surface area contributed by atoms with E-state index in [2.05, 4.69) is 4.85 Å². The monoisotopic (exact) mass is 297 g/mol. The number of benzene rings is 2. The van der Waals surface area contributed by atoms with Gasteiger partial charge in [-0.05, 0) is 36.8 Å². The van der Waals surface area contributed by atoms with Crippen LogP contribution in [0.4, 0.5) is 0 Å². The van der Waals surface area contributed by atoms with Gasteiger partial charge >= 0.3 is 0 Å². The average Bonchev–Trinajstić information content (AvgIpc) is 2.59. The standard InChI is InChI=1S/C18H19NO3/c1-3-21-22-14-18(19-2)16-9-11-17(12-10-16)20-13-15-7-5-4-6-8-15/h4-12,18H,3,13-14H2,1H3. The third-order valence-corrected chi connectivity index (χ3v) is 3.10. The van der Waals surface area contributed by atoms with Crippen LogP contribution in [0.15, 0.2) is 54.6 Å². The maximum absolute atomic E-state index is 7.24. The predicted octanol–water partition coefficient (Wildman–Crippen LogP) is 4.19. The van der Waals surface area contributed by atoms with E-state index in [4.69, 9.17) is 21.1 Å². The first kappa shape index (κ1) is 16.0. The maximum atomic E-state index is 7.24. The summed E-state index contributed by atoms with van der Waals surface area (Å²) in [6, 6.07) is 17.1. The van der Waals surface area contributed by atoms with Crippen LogP contribution in [0.1, 0.15) is 24.1 Å². The minimum atomic E-state index is -0.366. The van der Waals surface area contributed by atoms with Crippen molar-refractivity contribution >= 4 is 0 Å². The molecule has 1 unspecified atom stereocenters. The molecule has 114 valence electrons. The molecule has 0 aromatic heterocycles. The van der Waals surface area contributed by atoms with Crippen LogP contribution >= 0.6 is 0 Å². The zero-order chi connectivity index (χ0) is 15.6. The second-order valence-corrected chi connectivity index (χ2v) is 4.68. The molecule has 22 heavy (non-hydrogen) atoms. The van der Waals surface area contributed by atoms with Crippen LogP contribution in [0.3, 0.4) is 0 Å². The number of nitrogens with zero attached hydrogens (tertiary/aromatic N) is 1. The van der Waals surface area contributed by atoms with Crippen molar-refractivity contribution in [2.75, 3.05) is 13.2 Å². The molecule has 0 aliphatic heterocycles. The zero-order valence-corrected chi connectivity index (χ0v) is 12.6. The van der Waals surface area contributed by atoms with E-state index >= 15 is 0 Å². The largest absolute Gasteiger partial charge is 0.489 e. The first-order valence-electron chi connectivity index (χ1n) is 7.21. The van der Waals surface area contributed by atoms with Gasteiger partial charge in [-0.15, -0.1) is 0 Å². The SMILES string of the molecule is [C-]#[N+]C(COOCC)c1ccc(OCc2ccccc2)cc1. The van der Waals surface area contributed by atoms with Crippen LogP contribution < -0.4 is 4.74 Å². The van der Waals surface area contributed by atoms with Gasteiger partial charge in [0, 0.05) is 5.56 Å². The van der Waals surface area contributed by atoms with Gasteiger partial charge in [0.2, 0.25) is 0 Å².